The minimum Gasteiger partial charge on any atom is -0.317 e. The van der Waals surface area contributed by atoms with E-state index in [1.807, 2.05) is 0 Å². The normalized spacial score (nSPS) is 12.8. The van der Waals surface area contributed by atoms with Crippen LogP contribution in [-0.2, 0) is 6.42 Å². The van der Waals surface area contributed by atoms with Crippen LogP contribution in [0.1, 0.15) is 36.1 Å². The Labute approximate surface area is 100 Å². The maximum absolute atomic E-state index is 3.41. The van der Waals surface area contributed by atoms with Crippen LogP contribution in [0.3, 0.4) is 0 Å². The zero-order valence-corrected chi connectivity index (χ0v) is 11.4. The van der Waals surface area contributed by atoms with Gasteiger partial charge in [-0.2, -0.15) is 0 Å². The van der Waals surface area contributed by atoms with E-state index in [-0.39, 0.29) is 0 Å². The van der Waals surface area contributed by atoms with Crippen LogP contribution < -0.4 is 5.32 Å². The van der Waals surface area contributed by atoms with Crippen LogP contribution >= 0.6 is 0 Å². The summed E-state index contributed by atoms with van der Waals surface area (Å²) in [5.41, 5.74) is 5.76. The highest BCUT2D eigenvalue weighted by molar-refractivity contribution is 5.36. The Hall–Kier alpha value is -0.820. The molecule has 0 aliphatic carbocycles. The van der Waals surface area contributed by atoms with Crippen molar-refractivity contribution < 1.29 is 0 Å². The van der Waals surface area contributed by atoms with Gasteiger partial charge in [0, 0.05) is 0 Å². The third kappa shape index (κ3) is 3.64. The van der Waals surface area contributed by atoms with Crippen LogP contribution in [0.2, 0.25) is 0 Å². The first-order valence-corrected chi connectivity index (χ1v) is 6.32. The Bertz CT molecular complexity index is 342. The Balaban J connectivity index is 2.69. The lowest BCUT2D eigenvalue weighted by Gasteiger charge is -2.15. The van der Waals surface area contributed by atoms with Gasteiger partial charge in [-0.3, -0.25) is 0 Å². The van der Waals surface area contributed by atoms with Gasteiger partial charge in [0.1, 0.15) is 0 Å². The van der Waals surface area contributed by atoms with Gasteiger partial charge in [-0.1, -0.05) is 26.0 Å². The Kier molecular flexibility index (Phi) is 5.01. The summed E-state index contributed by atoms with van der Waals surface area (Å²) in [6.45, 7) is 13.3. The molecule has 1 atom stereocenters. The van der Waals surface area contributed by atoms with E-state index in [9.17, 15) is 0 Å². The van der Waals surface area contributed by atoms with Crippen molar-refractivity contribution in [3.63, 3.8) is 0 Å². The van der Waals surface area contributed by atoms with Gasteiger partial charge in [-0.25, -0.2) is 0 Å². The predicted molar refractivity (Wildman–Crippen MR) is 72.1 cm³/mol. The molecule has 1 aromatic rings. The molecule has 90 valence electrons. The summed E-state index contributed by atoms with van der Waals surface area (Å²) in [7, 11) is 0. The van der Waals surface area contributed by atoms with Gasteiger partial charge < -0.3 is 5.32 Å². The summed E-state index contributed by atoms with van der Waals surface area (Å²) in [4.78, 5) is 0. The van der Waals surface area contributed by atoms with Crippen molar-refractivity contribution in [1.29, 1.82) is 0 Å². The molecule has 1 nitrogen and oxygen atoms in total. The number of aryl methyl sites for hydroxylation is 3. The quantitative estimate of drug-likeness (QED) is 0.800. The SMILES string of the molecule is CCNCC(C)Cc1cc(C)c(C)cc1C. The number of benzene rings is 1. The summed E-state index contributed by atoms with van der Waals surface area (Å²) in [6.07, 6.45) is 1.18. The highest BCUT2D eigenvalue weighted by Crippen LogP contribution is 2.18. The molecule has 0 aromatic heterocycles. The fraction of sp³-hybridized carbons (Fsp3) is 0.600. The Morgan fingerprint density at radius 3 is 2.31 bits per heavy atom. The first-order chi connectivity index (χ1) is 7.54. The van der Waals surface area contributed by atoms with Crippen molar-refractivity contribution >= 4 is 0 Å². The van der Waals surface area contributed by atoms with E-state index in [0.29, 0.717) is 5.92 Å². The van der Waals surface area contributed by atoms with Crippen molar-refractivity contribution in [2.24, 2.45) is 5.92 Å². The van der Waals surface area contributed by atoms with Gasteiger partial charge in [0.2, 0.25) is 0 Å². The molecule has 1 unspecified atom stereocenters. The molecule has 0 aliphatic rings. The molecular formula is C15H25N. The first kappa shape index (κ1) is 13.2. The van der Waals surface area contributed by atoms with Gasteiger partial charge in [0.05, 0.1) is 0 Å². The summed E-state index contributed by atoms with van der Waals surface area (Å²) in [5, 5.41) is 3.41. The lowest BCUT2D eigenvalue weighted by Crippen LogP contribution is -2.22. The molecule has 0 heterocycles. The molecule has 0 saturated heterocycles. The Morgan fingerprint density at radius 2 is 1.69 bits per heavy atom. The van der Waals surface area contributed by atoms with E-state index in [1.54, 1.807) is 0 Å². The fourth-order valence-electron chi connectivity index (χ4n) is 2.08. The monoisotopic (exact) mass is 219 g/mol. The second-order valence-electron chi connectivity index (χ2n) is 4.98. The molecular weight excluding hydrogens is 194 g/mol. The van der Waals surface area contributed by atoms with Crippen molar-refractivity contribution in [2.45, 2.75) is 41.0 Å². The zero-order chi connectivity index (χ0) is 12.1. The molecule has 1 N–H and O–H groups in total. The molecule has 0 amide bonds. The second kappa shape index (κ2) is 6.05. The summed E-state index contributed by atoms with van der Waals surface area (Å²) >= 11 is 0. The van der Waals surface area contributed by atoms with E-state index < -0.39 is 0 Å². The molecule has 1 heteroatoms. The molecule has 0 saturated carbocycles. The average molecular weight is 219 g/mol. The minimum absolute atomic E-state index is 0.709. The van der Waals surface area contributed by atoms with E-state index in [0.717, 1.165) is 13.1 Å². The van der Waals surface area contributed by atoms with Crippen LogP contribution in [0.25, 0.3) is 0 Å². The Morgan fingerprint density at radius 1 is 1.06 bits per heavy atom. The van der Waals surface area contributed by atoms with Gasteiger partial charge in [-0.05, 0) is 68.5 Å². The van der Waals surface area contributed by atoms with E-state index in [4.69, 9.17) is 0 Å². The minimum atomic E-state index is 0.709. The van der Waals surface area contributed by atoms with Crippen LogP contribution in [0, 0.1) is 26.7 Å². The zero-order valence-electron chi connectivity index (χ0n) is 11.4. The van der Waals surface area contributed by atoms with Gasteiger partial charge in [0.25, 0.3) is 0 Å². The molecule has 0 spiro atoms. The van der Waals surface area contributed by atoms with Crippen molar-refractivity contribution in [3.8, 4) is 0 Å². The summed E-state index contributed by atoms with van der Waals surface area (Å²) < 4.78 is 0. The molecule has 1 aromatic carbocycles. The van der Waals surface area contributed by atoms with Gasteiger partial charge in [0.15, 0.2) is 0 Å². The molecule has 1 rings (SSSR count). The maximum atomic E-state index is 3.41. The highest BCUT2D eigenvalue weighted by Gasteiger charge is 2.07. The lowest BCUT2D eigenvalue weighted by atomic mass is 9.94. The number of rotatable bonds is 5. The van der Waals surface area contributed by atoms with E-state index in [1.165, 1.54) is 28.7 Å². The number of hydrogen-bond acceptors (Lipinski definition) is 1. The largest absolute Gasteiger partial charge is 0.317 e. The van der Waals surface area contributed by atoms with Gasteiger partial charge >= 0.3 is 0 Å². The van der Waals surface area contributed by atoms with E-state index in [2.05, 4.69) is 52.1 Å². The van der Waals surface area contributed by atoms with Gasteiger partial charge in [-0.15, -0.1) is 0 Å². The fourth-order valence-corrected chi connectivity index (χ4v) is 2.08. The van der Waals surface area contributed by atoms with E-state index >= 15 is 0 Å². The molecule has 0 fully saturated rings. The van der Waals surface area contributed by atoms with Crippen LogP contribution in [0.15, 0.2) is 12.1 Å². The molecule has 16 heavy (non-hydrogen) atoms. The van der Waals surface area contributed by atoms with Crippen LogP contribution in [-0.4, -0.2) is 13.1 Å². The number of nitrogens with one attached hydrogen (secondary N) is 1. The third-order valence-corrected chi connectivity index (χ3v) is 3.26. The van der Waals surface area contributed by atoms with Crippen molar-refractivity contribution in [1.82, 2.24) is 5.32 Å². The lowest BCUT2D eigenvalue weighted by molar-refractivity contribution is 0.520. The van der Waals surface area contributed by atoms with Crippen LogP contribution in [0.5, 0.6) is 0 Å². The summed E-state index contributed by atoms with van der Waals surface area (Å²) in [6, 6.07) is 4.66. The molecule has 0 radical (unpaired) electrons. The molecule has 0 bridgehead atoms. The highest BCUT2D eigenvalue weighted by atomic mass is 14.8. The third-order valence-electron chi connectivity index (χ3n) is 3.26. The predicted octanol–water partition coefficient (Wildman–Crippen LogP) is 3.40. The smallest absolute Gasteiger partial charge is 0.00201 e. The van der Waals surface area contributed by atoms with Crippen molar-refractivity contribution in [2.75, 3.05) is 13.1 Å². The first-order valence-electron chi connectivity index (χ1n) is 6.32. The average Bonchev–Trinajstić information content (AvgIpc) is 2.23. The van der Waals surface area contributed by atoms with Crippen LogP contribution in [0.4, 0.5) is 0 Å². The van der Waals surface area contributed by atoms with Crippen molar-refractivity contribution in [3.05, 3.63) is 34.4 Å². The topological polar surface area (TPSA) is 12.0 Å². The summed E-state index contributed by atoms with van der Waals surface area (Å²) in [5.74, 6) is 0.709. The number of hydrogen-bond donors (Lipinski definition) is 1. The molecule has 0 aliphatic heterocycles. The second-order valence-corrected chi connectivity index (χ2v) is 4.98. The maximum Gasteiger partial charge on any atom is -0.00201 e. The standard InChI is InChI=1S/C15H25N/c1-6-16-10-11(2)7-15-9-13(4)12(3)8-14(15)5/h8-9,11,16H,6-7,10H2,1-5H3.